The first-order chi connectivity index (χ1) is 17.9. The molecule has 2 rings (SSSR count). The second-order valence-electron chi connectivity index (χ2n) is 7.16. The van der Waals surface area contributed by atoms with Gasteiger partial charge in [-0.15, -0.1) is 0 Å². The second kappa shape index (κ2) is 13.7. The van der Waals surface area contributed by atoms with Crippen LogP contribution in [0.3, 0.4) is 0 Å². The van der Waals surface area contributed by atoms with Crippen molar-refractivity contribution in [3.63, 3.8) is 0 Å². The molecule has 0 heterocycles. The average Bonchev–Trinajstić information content (AvgIpc) is 2.81. The van der Waals surface area contributed by atoms with E-state index in [1.165, 1.54) is 0 Å². The molecule has 0 saturated heterocycles. The van der Waals surface area contributed by atoms with Crippen molar-refractivity contribution < 1.29 is 59.7 Å². The van der Waals surface area contributed by atoms with Gasteiger partial charge in [-0.2, -0.15) is 21.6 Å². The van der Waals surface area contributed by atoms with Gasteiger partial charge in [0.15, 0.2) is 5.56 Å². The van der Waals surface area contributed by atoms with E-state index in [9.17, 15) is 46.1 Å². The molecular weight excluding hydrogens is 900 g/mol. The van der Waals surface area contributed by atoms with Gasteiger partial charge in [-0.05, 0) is 86.0 Å². The lowest BCUT2D eigenvalue weighted by Gasteiger charge is -2.20. The van der Waals surface area contributed by atoms with Gasteiger partial charge in [0, 0.05) is 16.8 Å². The summed E-state index contributed by atoms with van der Waals surface area (Å²) in [5, 5.41) is 11.4. The highest BCUT2D eigenvalue weighted by Crippen LogP contribution is 2.29. The van der Waals surface area contributed by atoms with Crippen LogP contribution in [0.1, 0.15) is 31.1 Å². The van der Waals surface area contributed by atoms with Crippen LogP contribution in [0.15, 0.2) is 30.3 Å². The van der Waals surface area contributed by atoms with Gasteiger partial charge >= 0.3 is 24.1 Å². The zero-order valence-electron chi connectivity index (χ0n) is 18.7. The SMILES string of the molecule is O=C(OCCOC(=O)c1cccc([N+](=O)[O-])c1C(=O)OC(CS(=O)(=O)O)C(F)(F)F)c1cc(I)cc(I)c1I. The maximum atomic E-state index is 13.2. The summed E-state index contributed by atoms with van der Waals surface area (Å²) in [4.78, 5) is 47.6. The number of hydrogen-bond acceptors (Lipinski definition) is 10. The second-order valence-corrected chi connectivity index (χ2v) is 12.1. The number of esters is 3. The maximum absolute atomic E-state index is 13.2. The van der Waals surface area contributed by atoms with E-state index in [0.717, 1.165) is 19.3 Å². The summed E-state index contributed by atoms with van der Waals surface area (Å²) in [6.07, 6.45) is -8.90. The Balaban J connectivity index is 2.22. The molecule has 1 unspecified atom stereocenters. The van der Waals surface area contributed by atoms with Gasteiger partial charge in [-0.25, -0.2) is 14.4 Å². The molecule has 0 aliphatic heterocycles. The van der Waals surface area contributed by atoms with E-state index in [0.29, 0.717) is 9.64 Å². The molecule has 0 saturated carbocycles. The lowest BCUT2D eigenvalue weighted by molar-refractivity contribution is -0.385. The zero-order chi connectivity index (χ0) is 29.7. The number of nitrogens with zero attached hydrogens (tertiary/aromatic N) is 1. The quantitative estimate of drug-likeness (QED) is 0.0523. The monoisotopic (exact) mass is 913 g/mol. The van der Waals surface area contributed by atoms with Crippen LogP contribution in [0.5, 0.6) is 0 Å². The number of benzene rings is 2. The fourth-order valence-corrected chi connectivity index (χ4v) is 5.80. The van der Waals surface area contributed by atoms with Crippen molar-refractivity contribution in [2.45, 2.75) is 12.3 Å². The number of nitro groups is 1. The predicted octanol–water partition coefficient (Wildman–Crippen LogP) is 4.40. The Kier molecular flexibility index (Phi) is 11.7. The topological polar surface area (TPSA) is 176 Å². The van der Waals surface area contributed by atoms with E-state index in [4.69, 9.17) is 14.0 Å². The first-order valence-corrected chi connectivity index (χ1v) is 14.8. The van der Waals surface area contributed by atoms with Crippen molar-refractivity contribution in [2.24, 2.45) is 0 Å². The van der Waals surface area contributed by atoms with Crippen molar-refractivity contribution in [2.75, 3.05) is 19.0 Å². The number of rotatable bonds is 10. The predicted molar refractivity (Wildman–Crippen MR) is 150 cm³/mol. The molecule has 1 atom stereocenters. The van der Waals surface area contributed by atoms with E-state index in [1.54, 1.807) is 6.07 Å². The van der Waals surface area contributed by atoms with Crippen molar-refractivity contribution in [1.29, 1.82) is 0 Å². The van der Waals surface area contributed by atoms with Gasteiger partial charge in [0.25, 0.3) is 15.8 Å². The molecule has 0 radical (unpaired) electrons. The van der Waals surface area contributed by atoms with Gasteiger partial charge in [0.1, 0.15) is 19.0 Å². The number of nitro benzene ring substituents is 1. The molecule has 1 N–H and O–H groups in total. The summed E-state index contributed by atoms with van der Waals surface area (Å²) in [5.74, 6) is -6.33. The fourth-order valence-electron chi connectivity index (χ4n) is 2.78. The molecule has 12 nitrogen and oxygen atoms in total. The summed E-state index contributed by atoms with van der Waals surface area (Å²) in [6, 6.07) is 5.83. The Hall–Kier alpha value is -1.86. The molecule has 0 aliphatic rings. The van der Waals surface area contributed by atoms with Gasteiger partial charge in [0.2, 0.25) is 6.10 Å². The molecule has 2 aromatic rings. The van der Waals surface area contributed by atoms with E-state index in [-0.39, 0.29) is 5.56 Å². The smallest absolute Gasteiger partial charge is 0.426 e. The van der Waals surface area contributed by atoms with Gasteiger partial charge in [-0.1, -0.05) is 6.07 Å². The van der Waals surface area contributed by atoms with Crippen LogP contribution in [0.2, 0.25) is 0 Å². The maximum Gasteiger partial charge on any atom is 0.426 e. The molecule has 0 aromatic heterocycles. The molecule has 0 bridgehead atoms. The van der Waals surface area contributed by atoms with Gasteiger partial charge < -0.3 is 14.2 Å². The molecule has 2 aromatic carbocycles. The van der Waals surface area contributed by atoms with E-state index in [1.807, 2.05) is 73.8 Å². The molecule has 0 spiro atoms. The van der Waals surface area contributed by atoms with Crippen molar-refractivity contribution in [3.05, 3.63) is 67.8 Å². The van der Waals surface area contributed by atoms with Gasteiger partial charge in [-0.3, -0.25) is 14.7 Å². The minimum absolute atomic E-state index is 0.242. The van der Waals surface area contributed by atoms with E-state index in [2.05, 4.69) is 4.74 Å². The zero-order valence-corrected chi connectivity index (χ0v) is 26.0. The minimum atomic E-state index is -5.49. The molecule has 0 aliphatic carbocycles. The largest absolute Gasteiger partial charge is 0.458 e. The number of hydrogen-bond donors (Lipinski definition) is 1. The Morgan fingerprint density at radius 1 is 1.00 bits per heavy atom. The van der Waals surface area contributed by atoms with E-state index < -0.39 is 81.0 Å². The lowest BCUT2D eigenvalue weighted by Crippen LogP contribution is -2.39. The Morgan fingerprint density at radius 2 is 1.56 bits per heavy atom. The van der Waals surface area contributed by atoms with E-state index >= 15 is 0 Å². The summed E-state index contributed by atoms with van der Waals surface area (Å²) in [5.41, 5.74) is -3.03. The van der Waals surface area contributed by atoms with Crippen LogP contribution >= 0.6 is 67.8 Å². The molecule has 19 heteroatoms. The highest BCUT2D eigenvalue weighted by atomic mass is 127. The standard InChI is InChI=1S/C20H13F3I3NO11S/c21-20(22,23)14(8-39(33,34)35)38-19(30)15-10(2-1-3-13(15)27(31)32)17(28)36-4-5-37-18(29)11-6-9(24)7-12(25)16(11)26/h1-3,6-7,14H,4-5,8H2,(H,33,34,35). The summed E-state index contributed by atoms with van der Waals surface area (Å²) in [6.45, 7) is -1.09. The van der Waals surface area contributed by atoms with Crippen molar-refractivity contribution in [1.82, 2.24) is 0 Å². The molecule has 0 amide bonds. The third-order valence-corrected chi connectivity index (χ3v) is 8.79. The summed E-state index contributed by atoms with van der Waals surface area (Å²) < 4.78 is 86.4. The van der Waals surface area contributed by atoms with Crippen molar-refractivity contribution in [3.8, 4) is 0 Å². The highest BCUT2D eigenvalue weighted by Gasteiger charge is 2.46. The Morgan fingerprint density at radius 3 is 2.08 bits per heavy atom. The Bertz CT molecular complexity index is 1420. The first-order valence-electron chi connectivity index (χ1n) is 9.91. The lowest BCUT2D eigenvalue weighted by atomic mass is 10.1. The number of ether oxygens (including phenoxy) is 3. The van der Waals surface area contributed by atoms with Crippen LogP contribution in [0, 0.1) is 20.8 Å². The van der Waals surface area contributed by atoms with Crippen LogP contribution in [-0.4, -0.2) is 67.0 Å². The fraction of sp³-hybridized carbons (Fsp3) is 0.250. The number of carbonyl (C=O) groups excluding carboxylic acids is 3. The van der Waals surface area contributed by atoms with Crippen LogP contribution in [-0.2, 0) is 24.3 Å². The minimum Gasteiger partial charge on any atom is -0.458 e. The van der Waals surface area contributed by atoms with Crippen LogP contribution < -0.4 is 0 Å². The normalized spacial score (nSPS) is 12.4. The summed E-state index contributed by atoms with van der Waals surface area (Å²) in [7, 11) is -5.30. The molecule has 39 heavy (non-hydrogen) atoms. The van der Waals surface area contributed by atoms with Gasteiger partial charge in [0.05, 0.1) is 16.1 Å². The van der Waals surface area contributed by atoms with Crippen LogP contribution in [0.25, 0.3) is 0 Å². The Labute approximate surface area is 258 Å². The third-order valence-electron chi connectivity index (χ3n) is 4.40. The highest BCUT2D eigenvalue weighted by molar-refractivity contribution is 14.1. The first kappa shape index (κ1) is 33.3. The summed E-state index contributed by atoms with van der Waals surface area (Å²) >= 11 is 5.96. The number of carbonyl (C=O) groups is 3. The molecule has 0 fully saturated rings. The van der Waals surface area contributed by atoms with Crippen LogP contribution in [0.4, 0.5) is 18.9 Å². The number of halogens is 6. The number of alkyl halides is 3. The van der Waals surface area contributed by atoms with Crippen molar-refractivity contribution >= 4 is 101 Å². The molecular formula is C20H13F3I3NO11S. The third kappa shape index (κ3) is 9.63. The molecule has 212 valence electrons. The average molecular weight is 913 g/mol.